The highest BCUT2D eigenvalue weighted by atomic mass is 35.5. The van der Waals surface area contributed by atoms with Crippen LogP contribution in [0.15, 0.2) is 35.5 Å². The maximum atomic E-state index is 11.4. The number of carbonyl (C=O) groups is 1. The normalized spacial score (nSPS) is 11.3. The highest BCUT2D eigenvalue weighted by Crippen LogP contribution is 2.02. The highest BCUT2D eigenvalue weighted by molar-refractivity contribution is 6.53. The van der Waals surface area contributed by atoms with Gasteiger partial charge in [0, 0.05) is 5.56 Å². The number of halogens is 1. The lowest BCUT2D eigenvalue weighted by molar-refractivity contribution is 0.106. The summed E-state index contributed by atoms with van der Waals surface area (Å²) in [5.41, 5.74) is 0.420. The summed E-state index contributed by atoms with van der Waals surface area (Å²) in [4.78, 5) is 11.4. The van der Waals surface area contributed by atoms with Crippen molar-refractivity contribution in [3.8, 4) is 0 Å². The molecule has 0 radical (unpaired) electrons. The van der Waals surface area contributed by atoms with Crippen LogP contribution in [-0.2, 0) is 0 Å². The first kappa shape index (κ1) is 9.74. The van der Waals surface area contributed by atoms with Crippen molar-refractivity contribution in [3.05, 3.63) is 35.9 Å². The number of Topliss-reactive ketones (excluding diaryl/α,β-unsaturated/α-hetero) is 1. The lowest BCUT2D eigenvalue weighted by Gasteiger charge is -1.98. The standard InChI is InChI=1S/C9H8ClNO2/c10-6-8(11-13)9(12)7-4-2-1-3-5-7/h1-5,13H,6H2/b11-8+. The van der Waals surface area contributed by atoms with Crippen LogP contribution in [0.2, 0.25) is 0 Å². The molecular formula is C9H8ClNO2. The van der Waals surface area contributed by atoms with Gasteiger partial charge in [0.1, 0.15) is 5.71 Å². The first-order chi connectivity index (χ1) is 6.29. The predicted molar refractivity (Wildman–Crippen MR) is 50.7 cm³/mol. The van der Waals surface area contributed by atoms with E-state index < -0.39 is 0 Å². The first-order valence-corrected chi connectivity index (χ1v) is 4.19. The van der Waals surface area contributed by atoms with E-state index in [-0.39, 0.29) is 17.4 Å². The van der Waals surface area contributed by atoms with E-state index in [1.54, 1.807) is 30.3 Å². The Morgan fingerprint density at radius 1 is 1.38 bits per heavy atom. The molecule has 1 aromatic carbocycles. The van der Waals surface area contributed by atoms with E-state index in [0.29, 0.717) is 5.56 Å². The second-order valence-electron chi connectivity index (χ2n) is 2.38. The van der Waals surface area contributed by atoms with Crippen LogP contribution >= 0.6 is 11.6 Å². The van der Waals surface area contributed by atoms with Gasteiger partial charge < -0.3 is 5.21 Å². The fourth-order valence-electron chi connectivity index (χ4n) is 0.889. The summed E-state index contributed by atoms with van der Waals surface area (Å²) in [6, 6.07) is 8.54. The van der Waals surface area contributed by atoms with Crippen LogP contribution in [0.5, 0.6) is 0 Å². The highest BCUT2D eigenvalue weighted by Gasteiger charge is 2.12. The Kier molecular flexibility index (Phi) is 3.46. The monoisotopic (exact) mass is 197 g/mol. The van der Waals surface area contributed by atoms with Crippen molar-refractivity contribution in [2.24, 2.45) is 5.16 Å². The van der Waals surface area contributed by atoms with Crippen LogP contribution in [0.1, 0.15) is 10.4 Å². The largest absolute Gasteiger partial charge is 0.410 e. The number of hydrogen-bond acceptors (Lipinski definition) is 3. The summed E-state index contributed by atoms with van der Waals surface area (Å²) in [5, 5.41) is 11.3. The predicted octanol–water partition coefficient (Wildman–Crippen LogP) is 1.94. The average molecular weight is 198 g/mol. The minimum atomic E-state index is -0.349. The van der Waals surface area contributed by atoms with E-state index >= 15 is 0 Å². The third-order valence-corrected chi connectivity index (χ3v) is 1.80. The van der Waals surface area contributed by atoms with Gasteiger partial charge in [-0.15, -0.1) is 11.6 Å². The zero-order chi connectivity index (χ0) is 9.68. The number of oxime groups is 1. The zero-order valence-corrected chi connectivity index (χ0v) is 7.53. The molecule has 3 nitrogen and oxygen atoms in total. The summed E-state index contributed by atoms with van der Waals surface area (Å²) >= 11 is 5.40. The van der Waals surface area contributed by atoms with Crippen molar-refractivity contribution in [2.45, 2.75) is 0 Å². The molecule has 0 aromatic heterocycles. The van der Waals surface area contributed by atoms with Crippen LogP contribution < -0.4 is 0 Å². The van der Waals surface area contributed by atoms with E-state index in [4.69, 9.17) is 16.8 Å². The number of hydrogen-bond donors (Lipinski definition) is 1. The molecule has 0 atom stereocenters. The lowest BCUT2D eigenvalue weighted by Crippen LogP contribution is -2.15. The summed E-state index contributed by atoms with van der Waals surface area (Å²) in [6.45, 7) is 0. The maximum Gasteiger partial charge on any atom is 0.211 e. The Hall–Kier alpha value is -1.35. The molecule has 0 spiro atoms. The van der Waals surface area contributed by atoms with Crippen molar-refractivity contribution < 1.29 is 10.0 Å². The van der Waals surface area contributed by atoms with E-state index in [9.17, 15) is 4.79 Å². The molecule has 0 aliphatic heterocycles. The van der Waals surface area contributed by atoms with Crippen LogP contribution in [0.25, 0.3) is 0 Å². The minimum absolute atomic E-state index is 0.0483. The number of ketones is 1. The van der Waals surface area contributed by atoms with Gasteiger partial charge in [-0.25, -0.2) is 0 Å². The summed E-state index contributed by atoms with van der Waals surface area (Å²) in [6.07, 6.45) is 0. The van der Waals surface area contributed by atoms with Gasteiger partial charge in [-0.3, -0.25) is 4.79 Å². The Labute approximate surface area is 80.6 Å². The molecule has 0 heterocycles. The van der Waals surface area contributed by atoms with Crippen LogP contribution in [-0.4, -0.2) is 22.6 Å². The quantitative estimate of drug-likeness (QED) is 0.265. The van der Waals surface area contributed by atoms with Gasteiger partial charge >= 0.3 is 0 Å². The third-order valence-electron chi connectivity index (χ3n) is 1.55. The second kappa shape index (κ2) is 4.62. The molecule has 0 fully saturated rings. The van der Waals surface area contributed by atoms with Gasteiger partial charge in [-0.2, -0.15) is 0 Å². The Morgan fingerprint density at radius 2 is 2.00 bits per heavy atom. The summed E-state index contributed by atoms with van der Waals surface area (Å²) in [7, 11) is 0. The van der Waals surface area contributed by atoms with Gasteiger partial charge in [0.25, 0.3) is 0 Å². The number of alkyl halides is 1. The van der Waals surface area contributed by atoms with Gasteiger partial charge in [-0.05, 0) is 0 Å². The van der Waals surface area contributed by atoms with Crippen LogP contribution in [0, 0.1) is 0 Å². The van der Waals surface area contributed by atoms with Crippen molar-refractivity contribution in [1.29, 1.82) is 0 Å². The van der Waals surface area contributed by atoms with Gasteiger partial charge in [0.05, 0.1) is 5.88 Å². The fraction of sp³-hybridized carbons (Fsp3) is 0.111. The molecule has 4 heteroatoms. The second-order valence-corrected chi connectivity index (χ2v) is 2.64. The van der Waals surface area contributed by atoms with E-state index in [1.165, 1.54) is 0 Å². The molecule has 0 aliphatic carbocycles. The van der Waals surface area contributed by atoms with E-state index in [2.05, 4.69) is 5.16 Å². The molecule has 1 aromatic rings. The van der Waals surface area contributed by atoms with Crippen molar-refractivity contribution in [2.75, 3.05) is 5.88 Å². The fourth-order valence-corrected chi connectivity index (χ4v) is 1.06. The van der Waals surface area contributed by atoms with Crippen molar-refractivity contribution in [1.82, 2.24) is 0 Å². The third kappa shape index (κ3) is 2.29. The Morgan fingerprint density at radius 3 is 2.46 bits per heavy atom. The number of nitrogens with zero attached hydrogens (tertiary/aromatic N) is 1. The van der Waals surface area contributed by atoms with Crippen molar-refractivity contribution >= 4 is 23.1 Å². The molecule has 1 rings (SSSR count). The Balaban J connectivity index is 2.92. The lowest BCUT2D eigenvalue weighted by atomic mass is 10.1. The topological polar surface area (TPSA) is 49.7 Å². The molecule has 0 amide bonds. The zero-order valence-electron chi connectivity index (χ0n) is 6.77. The van der Waals surface area contributed by atoms with Crippen molar-refractivity contribution in [3.63, 3.8) is 0 Å². The average Bonchev–Trinajstić information content (AvgIpc) is 2.21. The van der Waals surface area contributed by atoms with E-state index in [0.717, 1.165) is 0 Å². The smallest absolute Gasteiger partial charge is 0.211 e. The number of benzene rings is 1. The molecule has 0 saturated carbocycles. The molecular weight excluding hydrogens is 190 g/mol. The summed E-state index contributed by atoms with van der Waals surface area (Å²) < 4.78 is 0. The van der Waals surface area contributed by atoms with Gasteiger partial charge in [-0.1, -0.05) is 35.5 Å². The van der Waals surface area contributed by atoms with E-state index in [1.807, 2.05) is 0 Å². The molecule has 13 heavy (non-hydrogen) atoms. The van der Waals surface area contributed by atoms with Gasteiger partial charge in [0.2, 0.25) is 5.78 Å². The first-order valence-electron chi connectivity index (χ1n) is 3.66. The number of rotatable bonds is 3. The Bertz CT molecular complexity index is 322. The summed E-state index contributed by atoms with van der Waals surface area (Å²) in [5.74, 6) is -0.442. The minimum Gasteiger partial charge on any atom is -0.410 e. The molecule has 0 aliphatic rings. The van der Waals surface area contributed by atoms with Crippen LogP contribution in [0.3, 0.4) is 0 Å². The maximum absolute atomic E-state index is 11.4. The molecule has 0 bridgehead atoms. The molecule has 0 saturated heterocycles. The van der Waals surface area contributed by atoms with Crippen LogP contribution in [0.4, 0.5) is 0 Å². The molecule has 68 valence electrons. The molecule has 0 unspecified atom stereocenters. The number of carbonyl (C=O) groups excluding carboxylic acids is 1. The SMILES string of the molecule is O=C(/C(CCl)=N/O)c1ccccc1. The molecule has 1 N–H and O–H groups in total. The van der Waals surface area contributed by atoms with Gasteiger partial charge in [0.15, 0.2) is 0 Å².